The Morgan fingerprint density at radius 3 is 2.45 bits per heavy atom. The highest BCUT2D eigenvalue weighted by atomic mass is 35.5. The molecule has 0 aromatic heterocycles. The number of carboxylic acid groups (broad SMARTS) is 1. The van der Waals surface area contributed by atoms with Crippen LogP contribution in [0, 0.1) is 0 Å². The maximum absolute atomic E-state index is 11.7. The summed E-state index contributed by atoms with van der Waals surface area (Å²) in [4.78, 5) is 11.7. The van der Waals surface area contributed by atoms with Crippen molar-refractivity contribution >= 4 is 35.3 Å². The molecular formula is C19H15ClO2. The van der Waals surface area contributed by atoms with Crippen LogP contribution in [-0.4, -0.2) is 11.1 Å². The fraction of sp³-hybridized carbons (Fsp3) is 0.105. The highest BCUT2D eigenvalue weighted by molar-refractivity contribution is 6.30. The first-order valence-corrected chi connectivity index (χ1v) is 7.53. The zero-order valence-corrected chi connectivity index (χ0v) is 12.9. The Kier molecular flexibility index (Phi) is 3.86. The molecule has 0 aliphatic heterocycles. The lowest BCUT2D eigenvalue weighted by atomic mass is 9.88. The van der Waals surface area contributed by atoms with Crippen molar-refractivity contribution < 1.29 is 9.90 Å². The van der Waals surface area contributed by atoms with Crippen LogP contribution in [0.15, 0.2) is 48.0 Å². The Morgan fingerprint density at radius 1 is 1.05 bits per heavy atom. The van der Waals surface area contributed by atoms with Gasteiger partial charge in [0.2, 0.25) is 0 Å². The molecule has 0 unspecified atom stereocenters. The van der Waals surface area contributed by atoms with Crippen LogP contribution in [0.5, 0.6) is 0 Å². The number of hydrogen-bond acceptors (Lipinski definition) is 1. The SMILES string of the molecule is CC/C(C(=O)O)=C1\c2ccccc2C=Cc2cc(Cl)ccc21. The lowest BCUT2D eigenvalue weighted by Gasteiger charge is -2.15. The molecule has 3 heteroatoms. The highest BCUT2D eigenvalue weighted by Gasteiger charge is 2.21. The summed E-state index contributed by atoms with van der Waals surface area (Å²) in [6.07, 6.45) is 4.45. The van der Waals surface area contributed by atoms with Gasteiger partial charge in [0.15, 0.2) is 0 Å². The van der Waals surface area contributed by atoms with Gasteiger partial charge < -0.3 is 5.11 Å². The summed E-state index contributed by atoms with van der Waals surface area (Å²) in [6, 6.07) is 13.4. The molecular weight excluding hydrogens is 296 g/mol. The third kappa shape index (κ3) is 2.46. The molecule has 1 N–H and O–H groups in total. The van der Waals surface area contributed by atoms with Crippen molar-refractivity contribution in [2.75, 3.05) is 0 Å². The number of carboxylic acids is 1. The van der Waals surface area contributed by atoms with E-state index < -0.39 is 5.97 Å². The number of benzene rings is 2. The average Bonchev–Trinajstić information content (AvgIpc) is 2.66. The number of aliphatic carboxylic acids is 1. The zero-order valence-electron chi connectivity index (χ0n) is 12.1. The van der Waals surface area contributed by atoms with Crippen LogP contribution < -0.4 is 0 Å². The topological polar surface area (TPSA) is 37.3 Å². The van der Waals surface area contributed by atoms with E-state index in [4.69, 9.17) is 11.6 Å². The molecule has 1 aliphatic carbocycles. The standard InChI is InChI=1S/C19H15ClO2/c1-2-15(19(21)22)18-16-6-4-3-5-12(16)7-8-13-11-14(20)9-10-17(13)18/h3-11H,2H2,1H3,(H,21,22)/b18-15-. The molecule has 0 saturated heterocycles. The molecule has 0 amide bonds. The van der Waals surface area contributed by atoms with Crippen molar-refractivity contribution in [1.82, 2.24) is 0 Å². The molecule has 0 heterocycles. The Hall–Kier alpha value is -2.32. The summed E-state index contributed by atoms with van der Waals surface area (Å²) in [5.74, 6) is -0.880. The van der Waals surface area contributed by atoms with E-state index in [9.17, 15) is 9.90 Å². The molecule has 0 atom stereocenters. The van der Waals surface area contributed by atoms with E-state index in [1.54, 1.807) is 6.07 Å². The quantitative estimate of drug-likeness (QED) is 0.667. The lowest BCUT2D eigenvalue weighted by Crippen LogP contribution is -2.06. The Bertz CT molecular complexity index is 816. The van der Waals surface area contributed by atoms with Crippen molar-refractivity contribution in [3.8, 4) is 0 Å². The average molecular weight is 311 g/mol. The van der Waals surface area contributed by atoms with E-state index in [1.807, 2.05) is 55.5 Å². The minimum Gasteiger partial charge on any atom is -0.478 e. The van der Waals surface area contributed by atoms with Crippen molar-refractivity contribution in [3.63, 3.8) is 0 Å². The minimum atomic E-state index is -0.880. The van der Waals surface area contributed by atoms with Crippen LogP contribution in [0.1, 0.15) is 35.6 Å². The third-order valence-corrected chi connectivity index (χ3v) is 4.10. The zero-order chi connectivity index (χ0) is 15.7. The van der Waals surface area contributed by atoms with Gasteiger partial charge in [-0.15, -0.1) is 0 Å². The maximum atomic E-state index is 11.7. The summed E-state index contributed by atoms with van der Waals surface area (Å²) in [5, 5.41) is 10.3. The third-order valence-electron chi connectivity index (χ3n) is 3.87. The normalized spacial score (nSPS) is 14.8. The Morgan fingerprint density at radius 2 is 1.73 bits per heavy atom. The van der Waals surface area contributed by atoms with Crippen LogP contribution in [0.2, 0.25) is 5.02 Å². The van der Waals surface area contributed by atoms with E-state index in [0.717, 1.165) is 27.8 Å². The smallest absolute Gasteiger partial charge is 0.332 e. The second-order valence-corrected chi connectivity index (χ2v) is 5.60. The van der Waals surface area contributed by atoms with Gasteiger partial charge in [-0.25, -0.2) is 4.79 Å². The second-order valence-electron chi connectivity index (χ2n) is 5.16. The number of hydrogen-bond donors (Lipinski definition) is 1. The van der Waals surface area contributed by atoms with Gasteiger partial charge in [0, 0.05) is 16.2 Å². The first-order valence-electron chi connectivity index (χ1n) is 7.15. The van der Waals surface area contributed by atoms with Crippen molar-refractivity contribution in [2.45, 2.75) is 13.3 Å². The van der Waals surface area contributed by atoms with Gasteiger partial charge in [-0.05, 0) is 40.8 Å². The Balaban J connectivity index is 2.42. The molecule has 3 rings (SSSR count). The summed E-state index contributed by atoms with van der Waals surface area (Å²) < 4.78 is 0. The Labute approximate surface area is 134 Å². The van der Waals surface area contributed by atoms with E-state index in [0.29, 0.717) is 17.0 Å². The van der Waals surface area contributed by atoms with Crippen LogP contribution in [-0.2, 0) is 4.79 Å². The van der Waals surface area contributed by atoms with Gasteiger partial charge in [0.25, 0.3) is 0 Å². The molecule has 0 fully saturated rings. The van der Waals surface area contributed by atoms with Gasteiger partial charge >= 0.3 is 5.97 Å². The second kappa shape index (κ2) is 5.82. The fourth-order valence-corrected chi connectivity index (χ4v) is 3.03. The van der Waals surface area contributed by atoms with Crippen LogP contribution in [0.25, 0.3) is 17.7 Å². The van der Waals surface area contributed by atoms with E-state index in [1.165, 1.54) is 0 Å². The van der Waals surface area contributed by atoms with Gasteiger partial charge in [0.1, 0.15) is 0 Å². The predicted molar refractivity (Wildman–Crippen MR) is 90.8 cm³/mol. The molecule has 0 spiro atoms. The van der Waals surface area contributed by atoms with Crippen molar-refractivity contribution in [3.05, 3.63) is 75.3 Å². The highest BCUT2D eigenvalue weighted by Crippen LogP contribution is 2.37. The van der Waals surface area contributed by atoms with Gasteiger partial charge in [-0.2, -0.15) is 0 Å². The first kappa shape index (κ1) is 14.6. The largest absolute Gasteiger partial charge is 0.478 e. The molecule has 2 nitrogen and oxygen atoms in total. The fourth-order valence-electron chi connectivity index (χ4n) is 2.85. The molecule has 1 aliphatic rings. The van der Waals surface area contributed by atoms with Crippen molar-refractivity contribution in [2.24, 2.45) is 0 Å². The number of carbonyl (C=O) groups is 1. The molecule has 0 saturated carbocycles. The van der Waals surface area contributed by atoms with E-state index in [2.05, 4.69) is 0 Å². The monoisotopic (exact) mass is 310 g/mol. The van der Waals surface area contributed by atoms with Crippen LogP contribution in [0.4, 0.5) is 0 Å². The minimum absolute atomic E-state index is 0.416. The molecule has 2 aromatic rings. The lowest BCUT2D eigenvalue weighted by molar-refractivity contribution is -0.132. The predicted octanol–water partition coefficient (Wildman–Crippen LogP) is 5.12. The molecule has 2 aromatic carbocycles. The number of halogens is 1. The number of fused-ring (bicyclic) bond motifs is 2. The molecule has 0 radical (unpaired) electrons. The molecule has 22 heavy (non-hydrogen) atoms. The molecule has 0 bridgehead atoms. The van der Waals surface area contributed by atoms with E-state index in [-0.39, 0.29) is 0 Å². The van der Waals surface area contributed by atoms with Gasteiger partial charge in [0.05, 0.1) is 0 Å². The van der Waals surface area contributed by atoms with Crippen LogP contribution >= 0.6 is 11.6 Å². The maximum Gasteiger partial charge on any atom is 0.332 e. The van der Waals surface area contributed by atoms with Gasteiger partial charge in [-0.1, -0.05) is 61.0 Å². The summed E-state index contributed by atoms with van der Waals surface area (Å²) >= 11 is 6.10. The summed E-state index contributed by atoms with van der Waals surface area (Å²) in [5.41, 5.74) is 4.99. The first-order chi connectivity index (χ1) is 10.6. The number of rotatable bonds is 2. The van der Waals surface area contributed by atoms with E-state index >= 15 is 0 Å². The summed E-state index contributed by atoms with van der Waals surface area (Å²) in [6.45, 7) is 1.87. The van der Waals surface area contributed by atoms with Gasteiger partial charge in [-0.3, -0.25) is 0 Å². The summed E-state index contributed by atoms with van der Waals surface area (Å²) in [7, 11) is 0. The van der Waals surface area contributed by atoms with Crippen LogP contribution in [0.3, 0.4) is 0 Å². The van der Waals surface area contributed by atoms with Crippen molar-refractivity contribution in [1.29, 1.82) is 0 Å². The molecule has 110 valence electrons.